The van der Waals surface area contributed by atoms with Gasteiger partial charge in [-0.05, 0) is 58.3 Å². The average molecular weight is 394 g/mol. The number of rotatable bonds is 14. The Labute approximate surface area is 173 Å². The highest BCUT2D eigenvalue weighted by Crippen LogP contribution is 2.12. The molecule has 4 heteroatoms. The third-order valence-electron chi connectivity index (χ3n) is 4.34. The lowest BCUT2D eigenvalue weighted by Gasteiger charge is -2.24. The first kappa shape index (κ1) is 26.6. The van der Waals surface area contributed by atoms with Gasteiger partial charge in [-0.1, -0.05) is 57.6 Å². The van der Waals surface area contributed by atoms with Crippen molar-refractivity contribution in [1.29, 1.82) is 0 Å². The van der Waals surface area contributed by atoms with Crippen LogP contribution < -0.4 is 0 Å². The van der Waals surface area contributed by atoms with Gasteiger partial charge in [-0.2, -0.15) is 0 Å². The molecule has 0 amide bonds. The highest BCUT2D eigenvalue weighted by atomic mass is 16.6. The molecule has 0 heterocycles. The number of allylic oxidation sites excluding steroid dienone is 2. The molecule has 0 aromatic carbocycles. The minimum absolute atomic E-state index is 0.296. The molecule has 0 spiro atoms. The standard InChI is InChI=1S/C24H43NO3/c1-18(2)15-21(7)11-9-13-25(14-10-12-22(8)16-19(3)4)17-23(26)28-24(27)20(5)6/h11-12,18-19,23,26H,5,9-10,13-17H2,1-4,6-8H3/b21-11+,22-12+. The number of carbonyl (C=O) groups is 1. The lowest BCUT2D eigenvalue weighted by atomic mass is 10.0. The monoisotopic (exact) mass is 393 g/mol. The Kier molecular flexibility index (Phi) is 13.9. The van der Waals surface area contributed by atoms with E-state index < -0.39 is 12.3 Å². The summed E-state index contributed by atoms with van der Waals surface area (Å²) in [5, 5.41) is 10.1. The van der Waals surface area contributed by atoms with Gasteiger partial charge in [-0.3, -0.25) is 4.90 Å². The zero-order valence-corrected chi connectivity index (χ0v) is 19.3. The summed E-state index contributed by atoms with van der Waals surface area (Å²) in [6.07, 6.45) is 7.48. The number of nitrogens with zero attached hydrogens (tertiary/aromatic N) is 1. The fraction of sp³-hybridized carbons (Fsp3) is 0.708. The summed E-state index contributed by atoms with van der Waals surface area (Å²) in [6, 6.07) is 0. The van der Waals surface area contributed by atoms with E-state index in [0.29, 0.717) is 24.0 Å². The van der Waals surface area contributed by atoms with Crippen LogP contribution in [0.25, 0.3) is 0 Å². The first-order valence-corrected chi connectivity index (χ1v) is 10.6. The zero-order chi connectivity index (χ0) is 21.7. The molecule has 1 N–H and O–H groups in total. The van der Waals surface area contributed by atoms with E-state index in [2.05, 4.69) is 65.2 Å². The van der Waals surface area contributed by atoms with Gasteiger partial charge < -0.3 is 9.84 Å². The highest BCUT2D eigenvalue weighted by molar-refractivity contribution is 5.86. The Balaban J connectivity index is 4.76. The fourth-order valence-electron chi connectivity index (χ4n) is 3.22. The van der Waals surface area contributed by atoms with Gasteiger partial charge in [-0.15, -0.1) is 0 Å². The number of ether oxygens (including phenoxy) is 1. The number of aliphatic hydroxyl groups is 1. The molecule has 4 nitrogen and oxygen atoms in total. The highest BCUT2D eigenvalue weighted by Gasteiger charge is 2.15. The van der Waals surface area contributed by atoms with Crippen molar-refractivity contribution in [3.05, 3.63) is 35.5 Å². The molecule has 0 aliphatic rings. The summed E-state index contributed by atoms with van der Waals surface area (Å²) in [4.78, 5) is 13.8. The van der Waals surface area contributed by atoms with E-state index >= 15 is 0 Å². The molecule has 0 rings (SSSR count). The summed E-state index contributed by atoms with van der Waals surface area (Å²) in [6.45, 7) is 20.3. The number of esters is 1. The van der Waals surface area contributed by atoms with Gasteiger partial charge in [0.2, 0.25) is 6.29 Å². The van der Waals surface area contributed by atoms with Crippen LogP contribution in [0.5, 0.6) is 0 Å². The Morgan fingerprint density at radius 1 is 0.964 bits per heavy atom. The van der Waals surface area contributed by atoms with E-state index in [1.165, 1.54) is 11.1 Å². The van der Waals surface area contributed by atoms with Crippen LogP contribution >= 0.6 is 0 Å². The van der Waals surface area contributed by atoms with E-state index in [9.17, 15) is 9.90 Å². The molecule has 0 aromatic heterocycles. The molecule has 0 radical (unpaired) electrons. The molecule has 0 aromatic rings. The quantitative estimate of drug-likeness (QED) is 0.183. The average Bonchev–Trinajstić information content (AvgIpc) is 2.52. The van der Waals surface area contributed by atoms with Crippen LogP contribution in [-0.2, 0) is 9.53 Å². The third kappa shape index (κ3) is 14.6. The summed E-state index contributed by atoms with van der Waals surface area (Å²) < 4.78 is 5.05. The molecule has 0 fully saturated rings. The second-order valence-corrected chi connectivity index (χ2v) is 8.82. The second kappa shape index (κ2) is 14.6. The smallest absolute Gasteiger partial charge is 0.335 e. The minimum Gasteiger partial charge on any atom is -0.431 e. The Morgan fingerprint density at radius 2 is 1.39 bits per heavy atom. The van der Waals surface area contributed by atoms with E-state index in [4.69, 9.17) is 4.74 Å². The molecular weight excluding hydrogens is 350 g/mol. The lowest BCUT2D eigenvalue weighted by Crippen LogP contribution is -2.36. The zero-order valence-electron chi connectivity index (χ0n) is 19.3. The topological polar surface area (TPSA) is 49.8 Å². The predicted octanol–water partition coefficient (Wildman–Crippen LogP) is 5.49. The minimum atomic E-state index is -1.13. The van der Waals surface area contributed by atoms with Crippen LogP contribution in [0.2, 0.25) is 0 Å². The van der Waals surface area contributed by atoms with Crippen molar-refractivity contribution in [2.75, 3.05) is 19.6 Å². The van der Waals surface area contributed by atoms with E-state index in [1.807, 2.05) is 0 Å². The number of hydrogen-bond acceptors (Lipinski definition) is 4. The Morgan fingerprint density at radius 3 is 1.75 bits per heavy atom. The first-order chi connectivity index (χ1) is 13.0. The van der Waals surface area contributed by atoms with Crippen molar-refractivity contribution >= 4 is 5.97 Å². The van der Waals surface area contributed by atoms with Crippen molar-refractivity contribution in [3.63, 3.8) is 0 Å². The summed E-state index contributed by atoms with van der Waals surface area (Å²) in [7, 11) is 0. The van der Waals surface area contributed by atoms with Gasteiger partial charge in [-0.25, -0.2) is 4.79 Å². The molecule has 0 bridgehead atoms. The number of carbonyl (C=O) groups excluding carboxylic acids is 1. The molecule has 0 aliphatic heterocycles. The molecular formula is C24H43NO3. The molecule has 1 atom stereocenters. The van der Waals surface area contributed by atoms with Crippen molar-refractivity contribution in [3.8, 4) is 0 Å². The van der Waals surface area contributed by atoms with Gasteiger partial charge in [0.25, 0.3) is 0 Å². The number of hydrogen-bond donors (Lipinski definition) is 1. The van der Waals surface area contributed by atoms with Gasteiger partial charge in [0.1, 0.15) is 0 Å². The molecule has 28 heavy (non-hydrogen) atoms. The maximum atomic E-state index is 11.6. The van der Waals surface area contributed by atoms with Crippen LogP contribution in [0.1, 0.15) is 74.1 Å². The summed E-state index contributed by atoms with van der Waals surface area (Å²) >= 11 is 0. The van der Waals surface area contributed by atoms with E-state index in [1.54, 1.807) is 6.92 Å². The maximum Gasteiger partial charge on any atom is 0.335 e. The molecule has 0 saturated carbocycles. The van der Waals surface area contributed by atoms with Gasteiger partial charge in [0.05, 0.1) is 6.54 Å². The first-order valence-electron chi connectivity index (χ1n) is 10.6. The van der Waals surface area contributed by atoms with Crippen LogP contribution in [0.15, 0.2) is 35.5 Å². The van der Waals surface area contributed by atoms with Gasteiger partial charge in [0.15, 0.2) is 0 Å². The molecule has 162 valence electrons. The Bertz CT molecular complexity index is 502. The van der Waals surface area contributed by atoms with Gasteiger partial charge >= 0.3 is 5.97 Å². The van der Waals surface area contributed by atoms with Crippen LogP contribution in [0, 0.1) is 11.8 Å². The summed E-state index contributed by atoms with van der Waals surface area (Å²) in [5.41, 5.74) is 3.10. The van der Waals surface area contributed by atoms with Crippen molar-refractivity contribution in [2.24, 2.45) is 11.8 Å². The van der Waals surface area contributed by atoms with Crippen LogP contribution in [-0.4, -0.2) is 41.9 Å². The largest absolute Gasteiger partial charge is 0.431 e. The van der Waals surface area contributed by atoms with Crippen LogP contribution in [0.4, 0.5) is 0 Å². The van der Waals surface area contributed by atoms with Crippen molar-refractivity contribution < 1.29 is 14.6 Å². The maximum absolute atomic E-state index is 11.6. The third-order valence-corrected chi connectivity index (χ3v) is 4.34. The molecule has 0 aliphatic carbocycles. The Hall–Kier alpha value is -1.39. The second-order valence-electron chi connectivity index (χ2n) is 8.82. The molecule has 0 saturated heterocycles. The van der Waals surface area contributed by atoms with Crippen molar-refractivity contribution in [2.45, 2.75) is 80.4 Å². The molecule has 1 unspecified atom stereocenters. The fourth-order valence-corrected chi connectivity index (χ4v) is 3.22. The van der Waals surface area contributed by atoms with E-state index in [0.717, 1.165) is 38.8 Å². The summed E-state index contributed by atoms with van der Waals surface area (Å²) in [5.74, 6) is 0.766. The van der Waals surface area contributed by atoms with Crippen molar-refractivity contribution in [1.82, 2.24) is 4.90 Å². The van der Waals surface area contributed by atoms with Crippen LogP contribution in [0.3, 0.4) is 0 Å². The number of aliphatic hydroxyl groups excluding tert-OH is 1. The van der Waals surface area contributed by atoms with Gasteiger partial charge in [0, 0.05) is 18.7 Å². The predicted molar refractivity (Wildman–Crippen MR) is 119 cm³/mol. The normalized spacial score (nSPS) is 14.1. The SMILES string of the molecule is C=C(C)C(=O)OC(O)CN(CC/C=C(\C)CC(C)C)CC/C=C(\C)CC(C)C. The lowest BCUT2D eigenvalue weighted by molar-refractivity contribution is -0.165. The van der Waals surface area contributed by atoms with E-state index in [-0.39, 0.29) is 0 Å².